The third kappa shape index (κ3) is 3.47. The topological polar surface area (TPSA) is 79.5 Å². The number of hydrogen-bond acceptors (Lipinski definition) is 5. The molecule has 3 rings (SSSR count). The van der Waals surface area contributed by atoms with Gasteiger partial charge < -0.3 is 4.52 Å². The zero-order valence-electron chi connectivity index (χ0n) is 15.1. The zero-order valence-corrected chi connectivity index (χ0v) is 15.9. The monoisotopic (exact) mass is 364 g/mol. The highest BCUT2D eigenvalue weighted by Crippen LogP contribution is 2.30. The fourth-order valence-corrected chi connectivity index (χ4v) is 4.50. The Kier molecular flexibility index (Phi) is 4.95. The van der Waals surface area contributed by atoms with Crippen LogP contribution in [-0.2, 0) is 10.2 Å². The minimum Gasteiger partial charge on any atom is -0.361 e. The fourth-order valence-electron chi connectivity index (χ4n) is 3.31. The van der Waals surface area contributed by atoms with E-state index in [0.717, 1.165) is 41.1 Å². The lowest BCUT2D eigenvalue weighted by Crippen LogP contribution is -2.45. The smallest absolute Gasteiger partial charge is 0.281 e. The van der Waals surface area contributed by atoms with Crippen LogP contribution in [0.25, 0.3) is 11.1 Å². The lowest BCUT2D eigenvalue weighted by molar-refractivity contribution is 0.296. The van der Waals surface area contributed by atoms with Crippen LogP contribution in [-0.4, -0.2) is 54.4 Å². The summed E-state index contributed by atoms with van der Waals surface area (Å²) in [5.74, 6) is 0.884. The number of aryl methyl sites for hydroxylation is 2. The van der Waals surface area contributed by atoms with Gasteiger partial charge in [-0.05, 0) is 32.8 Å². The molecule has 0 amide bonds. The van der Waals surface area contributed by atoms with Gasteiger partial charge >= 0.3 is 0 Å². The van der Waals surface area contributed by atoms with Crippen LogP contribution < -0.4 is 0 Å². The molecule has 25 heavy (non-hydrogen) atoms. The van der Waals surface area contributed by atoms with Crippen LogP contribution in [0.3, 0.4) is 0 Å². The van der Waals surface area contributed by atoms with Crippen LogP contribution >= 0.6 is 0 Å². The molecule has 0 radical (unpaired) electrons. The van der Waals surface area contributed by atoms with E-state index in [1.165, 1.54) is 4.31 Å². The largest absolute Gasteiger partial charge is 0.361 e. The van der Waals surface area contributed by atoms with Gasteiger partial charge in [0, 0.05) is 56.1 Å². The van der Waals surface area contributed by atoms with E-state index in [0.29, 0.717) is 13.1 Å². The normalized spacial score (nSPS) is 19.5. The second-order valence-corrected chi connectivity index (χ2v) is 8.80. The number of pyridine rings is 1. The molecule has 136 valence electrons. The van der Waals surface area contributed by atoms with Gasteiger partial charge in [-0.15, -0.1) is 0 Å². The van der Waals surface area contributed by atoms with E-state index in [4.69, 9.17) is 4.52 Å². The predicted octanol–water partition coefficient (Wildman–Crippen LogP) is 2.34. The molecule has 1 fully saturated rings. The zero-order chi connectivity index (χ0) is 18.2. The van der Waals surface area contributed by atoms with Crippen molar-refractivity contribution in [3.8, 4) is 11.1 Å². The molecule has 1 aliphatic rings. The van der Waals surface area contributed by atoms with Crippen molar-refractivity contribution < 1.29 is 12.9 Å². The summed E-state index contributed by atoms with van der Waals surface area (Å²) in [5.41, 5.74) is 3.70. The molecule has 1 atom stereocenters. The average Bonchev–Trinajstić information content (AvgIpc) is 2.93. The van der Waals surface area contributed by atoms with E-state index >= 15 is 0 Å². The third-order valence-electron chi connectivity index (χ3n) is 4.70. The van der Waals surface area contributed by atoms with E-state index in [-0.39, 0.29) is 5.92 Å². The van der Waals surface area contributed by atoms with Crippen molar-refractivity contribution in [2.45, 2.75) is 32.6 Å². The Balaban J connectivity index is 1.81. The van der Waals surface area contributed by atoms with Gasteiger partial charge in [-0.25, -0.2) is 0 Å². The maximum absolute atomic E-state index is 12.4. The molecule has 0 aromatic carbocycles. The van der Waals surface area contributed by atoms with Crippen molar-refractivity contribution in [3.05, 3.63) is 35.5 Å². The average molecular weight is 364 g/mol. The second kappa shape index (κ2) is 6.86. The summed E-state index contributed by atoms with van der Waals surface area (Å²) in [5, 5.41) is 3.98. The van der Waals surface area contributed by atoms with Gasteiger partial charge in [0.1, 0.15) is 5.76 Å². The summed E-state index contributed by atoms with van der Waals surface area (Å²) in [6.07, 6.45) is 3.60. The molecular weight excluding hydrogens is 340 g/mol. The van der Waals surface area contributed by atoms with Crippen LogP contribution in [0.4, 0.5) is 0 Å². The first-order valence-corrected chi connectivity index (χ1v) is 9.77. The maximum Gasteiger partial charge on any atom is 0.281 e. The Labute approximate surface area is 148 Å². The Hall–Kier alpha value is -1.77. The Morgan fingerprint density at radius 3 is 2.60 bits per heavy atom. The molecule has 0 N–H and O–H groups in total. The minimum atomic E-state index is -3.38. The van der Waals surface area contributed by atoms with E-state index in [9.17, 15) is 8.42 Å². The summed E-state index contributed by atoms with van der Waals surface area (Å²) in [7, 11) is -0.247. The number of nitrogens with zero attached hydrogens (tertiary/aromatic N) is 4. The van der Waals surface area contributed by atoms with Crippen LogP contribution in [0.1, 0.15) is 35.9 Å². The number of hydrogen-bond donors (Lipinski definition) is 0. The summed E-state index contributed by atoms with van der Waals surface area (Å²) in [4.78, 5) is 4.60. The quantitative estimate of drug-likeness (QED) is 0.832. The van der Waals surface area contributed by atoms with Crippen LogP contribution in [0, 0.1) is 13.8 Å². The van der Waals surface area contributed by atoms with E-state index < -0.39 is 10.2 Å². The van der Waals surface area contributed by atoms with Gasteiger partial charge in [0.2, 0.25) is 0 Å². The van der Waals surface area contributed by atoms with Gasteiger partial charge in [-0.1, -0.05) is 11.2 Å². The van der Waals surface area contributed by atoms with Crippen molar-refractivity contribution >= 4 is 10.2 Å². The van der Waals surface area contributed by atoms with Gasteiger partial charge in [-0.3, -0.25) is 4.98 Å². The van der Waals surface area contributed by atoms with Gasteiger partial charge in [0.15, 0.2) is 0 Å². The summed E-state index contributed by atoms with van der Waals surface area (Å²) in [6, 6.07) is 3.99. The van der Waals surface area contributed by atoms with Crippen molar-refractivity contribution in [2.24, 2.45) is 0 Å². The fraction of sp³-hybridized carbons (Fsp3) is 0.529. The lowest BCUT2D eigenvalue weighted by Gasteiger charge is -2.33. The van der Waals surface area contributed by atoms with Gasteiger partial charge in [0.05, 0.1) is 5.69 Å². The number of rotatable bonds is 4. The lowest BCUT2D eigenvalue weighted by atomic mass is 9.95. The molecule has 2 aromatic rings. The number of piperidine rings is 1. The second-order valence-electron chi connectivity index (χ2n) is 6.66. The Morgan fingerprint density at radius 1 is 1.28 bits per heavy atom. The molecule has 8 heteroatoms. The van der Waals surface area contributed by atoms with Crippen molar-refractivity contribution in [2.75, 3.05) is 27.2 Å². The van der Waals surface area contributed by atoms with E-state index in [2.05, 4.69) is 10.1 Å². The highest BCUT2D eigenvalue weighted by atomic mass is 32.2. The molecular formula is C17H24N4O3S. The van der Waals surface area contributed by atoms with E-state index in [1.54, 1.807) is 18.4 Å². The SMILES string of the molecule is Cc1noc(C)c1-c1ccc([C@@H]2CCCN(S(=O)(=O)N(C)C)C2)nc1. The molecule has 0 bridgehead atoms. The molecule has 1 saturated heterocycles. The molecule has 0 saturated carbocycles. The molecule has 0 aliphatic carbocycles. The van der Waals surface area contributed by atoms with Crippen LogP contribution in [0.2, 0.25) is 0 Å². The van der Waals surface area contributed by atoms with Crippen molar-refractivity contribution in [3.63, 3.8) is 0 Å². The van der Waals surface area contributed by atoms with Crippen molar-refractivity contribution in [1.29, 1.82) is 0 Å². The summed E-state index contributed by atoms with van der Waals surface area (Å²) < 4.78 is 32.7. The first-order chi connectivity index (χ1) is 11.8. The first-order valence-electron chi connectivity index (χ1n) is 8.37. The highest BCUT2D eigenvalue weighted by molar-refractivity contribution is 7.86. The molecule has 0 spiro atoms. The van der Waals surface area contributed by atoms with Crippen LogP contribution in [0.15, 0.2) is 22.9 Å². The van der Waals surface area contributed by atoms with E-state index in [1.807, 2.05) is 32.2 Å². The Morgan fingerprint density at radius 2 is 2.04 bits per heavy atom. The molecule has 0 unspecified atom stereocenters. The molecule has 7 nitrogen and oxygen atoms in total. The van der Waals surface area contributed by atoms with Crippen LogP contribution in [0.5, 0.6) is 0 Å². The molecule has 1 aliphatic heterocycles. The molecule has 2 aromatic heterocycles. The Bertz CT molecular complexity index is 824. The summed E-state index contributed by atoms with van der Waals surface area (Å²) >= 11 is 0. The van der Waals surface area contributed by atoms with Gasteiger partial charge in [-0.2, -0.15) is 17.0 Å². The predicted molar refractivity (Wildman–Crippen MR) is 95.4 cm³/mol. The maximum atomic E-state index is 12.4. The minimum absolute atomic E-state index is 0.113. The highest BCUT2D eigenvalue weighted by Gasteiger charge is 2.31. The van der Waals surface area contributed by atoms with Crippen molar-refractivity contribution in [1.82, 2.24) is 18.8 Å². The van der Waals surface area contributed by atoms with Gasteiger partial charge in [0.25, 0.3) is 10.2 Å². The number of aromatic nitrogens is 2. The third-order valence-corrected chi connectivity index (χ3v) is 6.61. The summed E-state index contributed by atoms with van der Waals surface area (Å²) in [6.45, 7) is 4.82. The first kappa shape index (κ1) is 18.0. The standard InChI is InChI=1S/C17H24N4O3S/c1-12-17(13(2)24-19-12)14-7-8-16(18-10-14)15-6-5-9-21(11-15)25(22,23)20(3)4/h7-8,10,15H,5-6,9,11H2,1-4H3/t15-/m1/s1. The molecule has 3 heterocycles.